The average molecular weight is 310 g/mol. The Morgan fingerprint density at radius 3 is 3.18 bits per heavy atom. The van der Waals surface area contributed by atoms with Gasteiger partial charge >= 0.3 is 0 Å². The lowest BCUT2D eigenvalue weighted by atomic mass is 10.2. The summed E-state index contributed by atoms with van der Waals surface area (Å²) in [5.41, 5.74) is 1.49. The van der Waals surface area contributed by atoms with E-state index in [9.17, 15) is 0 Å². The molecule has 0 aliphatic rings. The highest BCUT2D eigenvalue weighted by Gasteiger charge is 2.07. The van der Waals surface area contributed by atoms with Crippen LogP contribution in [0.4, 0.5) is 5.69 Å². The molecular weight excluding hydrogens is 302 g/mol. The van der Waals surface area contributed by atoms with Crippen LogP contribution in [0.25, 0.3) is 10.9 Å². The highest BCUT2D eigenvalue weighted by molar-refractivity contribution is 9.10. The lowest BCUT2D eigenvalue weighted by molar-refractivity contribution is 1.09. The van der Waals surface area contributed by atoms with Gasteiger partial charge in [-0.3, -0.25) is 10.4 Å². The second-order valence-electron chi connectivity index (χ2n) is 3.07. The van der Waals surface area contributed by atoms with Gasteiger partial charge in [-0.25, -0.2) is 4.99 Å². The minimum absolute atomic E-state index is 0.541. The lowest BCUT2D eigenvalue weighted by Crippen LogP contribution is -2.12. The summed E-state index contributed by atoms with van der Waals surface area (Å²) < 4.78 is 0.823. The molecule has 1 aromatic heterocycles. The van der Waals surface area contributed by atoms with Crippen LogP contribution in [0.15, 0.2) is 27.8 Å². The number of hydrogen-bond acceptors (Lipinski definition) is 4. The summed E-state index contributed by atoms with van der Waals surface area (Å²) in [5, 5.41) is 19.6. The Morgan fingerprint density at radius 1 is 1.65 bits per heavy atom. The Morgan fingerprint density at radius 2 is 2.47 bits per heavy atom. The molecule has 0 saturated heterocycles. The van der Waals surface area contributed by atoms with Crippen molar-refractivity contribution in [2.45, 2.75) is 0 Å². The molecule has 0 atom stereocenters. The zero-order valence-corrected chi connectivity index (χ0v) is 11.3. The van der Waals surface area contributed by atoms with E-state index in [0.29, 0.717) is 5.17 Å². The molecule has 1 aromatic carbocycles. The Labute approximate surface area is 110 Å². The van der Waals surface area contributed by atoms with Gasteiger partial charge in [0.1, 0.15) is 10.1 Å². The first-order chi connectivity index (χ1) is 8.26. The van der Waals surface area contributed by atoms with E-state index in [2.05, 4.69) is 36.4 Å². The number of nitriles is 1. The van der Waals surface area contributed by atoms with Crippen LogP contribution in [-0.2, 0) is 0 Å². The molecule has 1 heterocycles. The quantitative estimate of drug-likeness (QED) is 0.367. The summed E-state index contributed by atoms with van der Waals surface area (Å²) in [6, 6.07) is 5.69. The van der Waals surface area contributed by atoms with Crippen LogP contribution in [0.1, 0.15) is 0 Å². The van der Waals surface area contributed by atoms with Crippen LogP contribution in [-0.4, -0.2) is 21.6 Å². The van der Waals surface area contributed by atoms with Gasteiger partial charge in [0.05, 0.1) is 5.69 Å². The minimum Gasteiger partial charge on any atom is -0.271 e. The maximum Gasteiger partial charge on any atom is 0.183 e. The molecule has 2 rings (SSSR count). The summed E-state index contributed by atoms with van der Waals surface area (Å²) in [6.07, 6.45) is 3.70. The maximum absolute atomic E-state index is 8.58. The van der Waals surface area contributed by atoms with E-state index in [-0.39, 0.29) is 0 Å². The van der Waals surface area contributed by atoms with Gasteiger partial charge in [0.15, 0.2) is 11.4 Å². The predicted molar refractivity (Wildman–Crippen MR) is 73.2 cm³/mol. The van der Waals surface area contributed by atoms with E-state index < -0.39 is 0 Å². The van der Waals surface area contributed by atoms with E-state index in [1.807, 2.05) is 30.6 Å². The van der Waals surface area contributed by atoms with E-state index in [4.69, 9.17) is 5.26 Å². The van der Waals surface area contributed by atoms with Gasteiger partial charge in [-0.2, -0.15) is 10.4 Å². The Hall–Kier alpha value is -1.52. The highest BCUT2D eigenvalue weighted by atomic mass is 79.9. The van der Waals surface area contributed by atoms with Crippen molar-refractivity contribution in [3.8, 4) is 6.19 Å². The van der Waals surface area contributed by atoms with Gasteiger partial charge in [0.2, 0.25) is 0 Å². The SMILES string of the molecule is CSC(=Nc1cccc2c(Br)[nH]nc12)NC#N. The largest absolute Gasteiger partial charge is 0.271 e. The van der Waals surface area contributed by atoms with Gasteiger partial charge in [-0.1, -0.05) is 17.8 Å². The number of nitrogens with zero attached hydrogens (tertiary/aromatic N) is 3. The molecule has 0 bridgehead atoms. The number of para-hydroxylation sites is 1. The summed E-state index contributed by atoms with van der Waals surface area (Å²) in [4.78, 5) is 4.35. The van der Waals surface area contributed by atoms with Crippen molar-refractivity contribution in [2.75, 3.05) is 6.26 Å². The molecule has 5 nitrogen and oxygen atoms in total. The van der Waals surface area contributed by atoms with Crippen LogP contribution < -0.4 is 5.32 Å². The second-order valence-corrected chi connectivity index (χ2v) is 4.66. The molecule has 0 aliphatic heterocycles. The van der Waals surface area contributed by atoms with Crippen molar-refractivity contribution >= 4 is 49.4 Å². The Kier molecular flexibility index (Phi) is 3.66. The fraction of sp³-hybridized carbons (Fsp3) is 0.100. The van der Waals surface area contributed by atoms with Crippen molar-refractivity contribution in [3.05, 3.63) is 22.8 Å². The van der Waals surface area contributed by atoms with Crippen LogP contribution in [0.2, 0.25) is 0 Å². The van der Waals surface area contributed by atoms with Crippen molar-refractivity contribution < 1.29 is 0 Å². The second kappa shape index (κ2) is 5.21. The molecule has 0 amide bonds. The smallest absolute Gasteiger partial charge is 0.183 e. The number of thioether (sulfide) groups is 1. The third-order valence-electron chi connectivity index (χ3n) is 2.10. The number of halogens is 1. The van der Waals surface area contributed by atoms with Crippen LogP contribution in [0, 0.1) is 11.5 Å². The summed E-state index contributed by atoms with van der Waals surface area (Å²) in [6.45, 7) is 0. The number of benzene rings is 1. The first-order valence-corrected chi connectivity index (χ1v) is 6.68. The van der Waals surface area contributed by atoms with E-state index >= 15 is 0 Å². The number of aromatic amines is 1. The molecule has 0 unspecified atom stereocenters. The third kappa shape index (κ3) is 2.43. The summed E-state index contributed by atoms with van der Waals surface area (Å²) in [7, 11) is 0. The predicted octanol–water partition coefficient (Wildman–Crippen LogP) is 2.75. The molecule has 0 spiro atoms. The van der Waals surface area contributed by atoms with Gasteiger partial charge in [0.25, 0.3) is 0 Å². The van der Waals surface area contributed by atoms with E-state index in [0.717, 1.165) is 21.2 Å². The Bertz CT molecular complexity index is 613. The number of hydrogen-bond donors (Lipinski definition) is 2. The van der Waals surface area contributed by atoms with Crippen LogP contribution in [0.3, 0.4) is 0 Å². The number of rotatable bonds is 1. The minimum atomic E-state index is 0.541. The number of amidine groups is 1. The fourth-order valence-corrected chi connectivity index (χ4v) is 2.11. The standard InChI is InChI=1S/C10H8BrN5S/c1-17-10(13-5-12)14-7-4-2-3-6-8(7)15-16-9(6)11/h2-4H,1H3,(H,13,14)(H,15,16). The molecule has 17 heavy (non-hydrogen) atoms. The van der Waals surface area contributed by atoms with Crippen molar-refractivity contribution in [1.82, 2.24) is 15.5 Å². The zero-order valence-electron chi connectivity index (χ0n) is 8.86. The van der Waals surface area contributed by atoms with Crippen LogP contribution >= 0.6 is 27.7 Å². The number of H-pyrrole nitrogens is 1. The van der Waals surface area contributed by atoms with Gasteiger partial charge in [-0.15, -0.1) is 0 Å². The number of aliphatic imine (C=N–C) groups is 1. The van der Waals surface area contributed by atoms with Gasteiger partial charge < -0.3 is 0 Å². The van der Waals surface area contributed by atoms with Crippen molar-refractivity contribution in [1.29, 1.82) is 5.26 Å². The summed E-state index contributed by atoms with van der Waals surface area (Å²) >= 11 is 4.75. The molecule has 0 aliphatic carbocycles. The van der Waals surface area contributed by atoms with Crippen molar-refractivity contribution in [2.24, 2.45) is 4.99 Å². The van der Waals surface area contributed by atoms with Gasteiger partial charge in [0, 0.05) is 5.39 Å². The van der Waals surface area contributed by atoms with Crippen molar-refractivity contribution in [3.63, 3.8) is 0 Å². The summed E-state index contributed by atoms with van der Waals surface area (Å²) in [5.74, 6) is 0. The molecular formula is C10H8BrN5S. The molecule has 0 fully saturated rings. The third-order valence-corrected chi connectivity index (χ3v) is 3.28. The monoisotopic (exact) mass is 309 g/mol. The van der Waals surface area contributed by atoms with Gasteiger partial charge in [-0.05, 0) is 34.3 Å². The topological polar surface area (TPSA) is 76.9 Å². The first kappa shape index (κ1) is 12.0. The molecule has 86 valence electrons. The molecule has 2 aromatic rings. The molecule has 2 N–H and O–H groups in total. The first-order valence-electron chi connectivity index (χ1n) is 4.66. The van der Waals surface area contributed by atoms with E-state index in [1.54, 1.807) is 0 Å². The fourth-order valence-electron chi connectivity index (χ4n) is 1.36. The normalized spacial score (nSPS) is 11.5. The lowest BCUT2D eigenvalue weighted by Gasteiger charge is -2.00. The maximum atomic E-state index is 8.58. The molecule has 0 saturated carbocycles. The molecule has 0 radical (unpaired) electrons. The van der Waals surface area contributed by atoms with E-state index in [1.165, 1.54) is 11.8 Å². The number of nitrogens with one attached hydrogen (secondary N) is 2. The Balaban J connectivity index is 2.52. The highest BCUT2D eigenvalue weighted by Crippen LogP contribution is 2.29. The number of aromatic nitrogens is 2. The zero-order chi connectivity index (χ0) is 12.3. The molecule has 7 heteroatoms. The van der Waals surface area contributed by atoms with Crippen LogP contribution in [0.5, 0.6) is 0 Å². The number of fused-ring (bicyclic) bond motifs is 1. The average Bonchev–Trinajstić information content (AvgIpc) is 2.72.